The lowest BCUT2D eigenvalue weighted by Gasteiger charge is -2.42. The summed E-state index contributed by atoms with van der Waals surface area (Å²) in [6.45, 7) is 7.98. The van der Waals surface area contributed by atoms with Gasteiger partial charge in [-0.25, -0.2) is 4.79 Å². The molecular weight excluding hydrogens is 868 g/mol. The lowest BCUT2D eigenvalue weighted by atomic mass is 9.81. The normalized spacial score (nSPS) is 33.7. The monoisotopic (exact) mass is 930 g/mol. The first-order valence-corrected chi connectivity index (χ1v) is 23.6. The summed E-state index contributed by atoms with van der Waals surface area (Å²) in [7, 11) is 4.69. The molecule has 16 nitrogen and oxygen atoms in total. The van der Waals surface area contributed by atoms with Gasteiger partial charge in [0.15, 0.2) is 5.72 Å². The van der Waals surface area contributed by atoms with Gasteiger partial charge in [-0.2, -0.15) is 0 Å². The maximum atomic E-state index is 14.1. The molecule has 4 bridgehead atoms. The molecule has 18 heteroatoms. The number of anilines is 1. The Hall–Kier alpha value is -4.00. The second-order valence-corrected chi connectivity index (χ2v) is 19.7. The number of esters is 1. The third-order valence-electron chi connectivity index (χ3n) is 13.3. The third kappa shape index (κ3) is 11.5. The highest BCUT2D eigenvalue weighted by Crippen LogP contribution is 2.49. The molecule has 352 valence electrons. The van der Waals surface area contributed by atoms with Gasteiger partial charge in [-0.15, -0.1) is 11.8 Å². The number of amides is 5. The predicted octanol–water partition coefficient (Wildman–Crippen LogP) is 4.79. The number of thioether (sulfide) groups is 1. The van der Waals surface area contributed by atoms with Crippen LogP contribution in [0.5, 0.6) is 0 Å². The van der Waals surface area contributed by atoms with E-state index < -0.39 is 59.0 Å². The van der Waals surface area contributed by atoms with Crippen LogP contribution in [0.25, 0.3) is 0 Å². The lowest BCUT2D eigenvalue weighted by Crippen LogP contribution is -2.63. The van der Waals surface area contributed by atoms with Crippen LogP contribution in [0.15, 0.2) is 35.9 Å². The number of hydrogen-bond donors (Lipinski definition) is 3. The minimum atomic E-state index is -1.82. The average Bonchev–Trinajstić information content (AvgIpc) is 3.88. The van der Waals surface area contributed by atoms with Crippen molar-refractivity contribution in [3.63, 3.8) is 0 Å². The molecular formula is C46H63ClN4O12S. The van der Waals surface area contributed by atoms with Crippen molar-refractivity contribution in [3.05, 3.63) is 52.1 Å². The van der Waals surface area contributed by atoms with E-state index in [1.165, 1.54) is 28.7 Å². The number of methoxy groups -OCH3 is 1. The number of carbonyl (C=O) groups is 6. The van der Waals surface area contributed by atoms with Crippen LogP contribution in [0.4, 0.5) is 10.5 Å². The molecule has 1 aromatic rings. The number of rotatable bonds is 12. The van der Waals surface area contributed by atoms with Crippen LogP contribution >= 0.6 is 23.4 Å². The minimum absolute atomic E-state index is 0.00796. The summed E-state index contributed by atoms with van der Waals surface area (Å²) < 4.78 is 29.4. The van der Waals surface area contributed by atoms with Crippen LogP contribution in [-0.2, 0) is 54.1 Å². The number of ether oxygens (including phenoxy) is 5. The van der Waals surface area contributed by atoms with E-state index in [1.807, 2.05) is 39.0 Å². The molecule has 64 heavy (non-hydrogen) atoms. The van der Waals surface area contributed by atoms with Gasteiger partial charge in [0.2, 0.25) is 23.6 Å². The van der Waals surface area contributed by atoms with Crippen LogP contribution in [0.1, 0.15) is 83.3 Å². The molecule has 3 N–H and O–H groups in total. The Morgan fingerprint density at radius 3 is 2.52 bits per heavy atom. The Kier molecular flexibility index (Phi) is 16.3. The molecule has 5 amide bonds. The molecule has 0 radical (unpaired) electrons. The first-order valence-electron chi connectivity index (χ1n) is 22.1. The van der Waals surface area contributed by atoms with Gasteiger partial charge < -0.3 is 39.0 Å². The number of benzene rings is 1. The highest BCUT2D eigenvalue weighted by molar-refractivity contribution is 8.00. The zero-order valence-electron chi connectivity index (χ0n) is 37.8. The molecule has 4 aliphatic heterocycles. The van der Waals surface area contributed by atoms with Gasteiger partial charge in [-0.05, 0) is 76.0 Å². The second kappa shape index (κ2) is 21.1. The quantitative estimate of drug-likeness (QED) is 0.112. The summed E-state index contributed by atoms with van der Waals surface area (Å²) in [5, 5.41) is 16.9. The van der Waals surface area contributed by atoms with Crippen LogP contribution < -0.4 is 15.5 Å². The first kappa shape index (κ1) is 49.4. The fraction of sp³-hybridized carbons (Fsp3) is 0.652. The fourth-order valence-corrected chi connectivity index (χ4v) is 10.7. The zero-order chi connectivity index (χ0) is 46.5. The molecule has 1 aromatic carbocycles. The van der Waals surface area contributed by atoms with Crippen molar-refractivity contribution in [3.8, 4) is 0 Å². The Morgan fingerprint density at radius 2 is 1.81 bits per heavy atom. The highest BCUT2D eigenvalue weighted by Gasteiger charge is 2.64. The molecule has 4 fully saturated rings. The lowest BCUT2D eigenvalue weighted by molar-refractivity contribution is -0.155. The standard InChI is InChI=1S/C46H63ClN4O12S/c1-26-9-8-10-35(59-7)46(58)24-33(61-44(57)49-46)28(3)41-45(4,63-41)36(23-37(52)50(6)32-21-30(19-26)20-27(2)40(32)47)62-39(54)15-16-60-17-18-64-34-22-38(53)51(43(34)56)25-29-11-13-31(14-12-29)42(55)48-5/h8-10,20-21,28-29,31,33-36,41,58H,11-19,22-25H2,1-7H3,(H,48,55)(H,49,57)/b10-8+,26-9+/t28-,29-,31-,33+,34?,35-,36+,41+,45+,46+/m1/s1. The molecule has 6 rings (SSSR count). The number of epoxide rings is 1. The van der Waals surface area contributed by atoms with Crippen molar-refractivity contribution >= 4 is 64.7 Å². The predicted molar refractivity (Wildman–Crippen MR) is 239 cm³/mol. The van der Waals surface area contributed by atoms with E-state index in [9.17, 15) is 33.9 Å². The Balaban J connectivity index is 1.08. The van der Waals surface area contributed by atoms with Crippen molar-refractivity contribution < 1.29 is 57.6 Å². The van der Waals surface area contributed by atoms with Crippen molar-refractivity contribution in [2.75, 3.05) is 51.6 Å². The van der Waals surface area contributed by atoms with E-state index >= 15 is 0 Å². The van der Waals surface area contributed by atoms with Gasteiger partial charge in [0, 0.05) is 58.2 Å². The molecule has 4 heterocycles. The topological polar surface area (TPSA) is 203 Å². The number of fused-ring (bicyclic) bond motifs is 5. The second-order valence-electron chi connectivity index (χ2n) is 18.0. The number of carbonyl (C=O) groups excluding carboxylic acids is 6. The van der Waals surface area contributed by atoms with Crippen molar-refractivity contribution in [1.29, 1.82) is 0 Å². The van der Waals surface area contributed by atoms with Crippen molar-refractivity contribution in [2.24, 2.45) is 17.8 Å². The first-order chi connectivity index (χ1) is 30.4. The number of aliphatic hydroxyl groups is 1. The molecule has 5 aliphatic rings. The minimum Gasteiger partial charge on any atom is -0.459 e. The Morgan fingerprint density at radius 1 is 1.08 bits per heavy atom. The van der Waals surface area contributed by atoms with Crippen LogP contribution in [-0.4, -0.2) is 133 Å². The molecule has 1 unspecified atom stereocenters. The summed E-state index contributed by atoms with van der Waals surface area (Å²) in [5.41, 5.74) is 0.162. The van der Waals surface area contributed by atoms with E-state index in [2.05, 4.69) is 10.6 Å². The van der Waals surface area contributed by atoms with Gasteiger partial charge in [0.25, 0.3) is 0 Å². The van der Waals surface area contributed by atoms with Crippen LogP contribution in [0.2, 0.25) is 5.02 Å². The smallest absolute Gasteiger partial charge is 0.409 e. The number of aryl methyl sites for hydroxylation is 1. The summed E-state index contributed by atoms with van der Waals surface area (Å²) >= 11 is 8.14. The number of nitrogens with one attached hydrogen (secondary N) is 2. The molecule has 3 saturated heterocycles. The molecule has 0 aromatic heterocycles. The Labute approximate surface area is 384 Å². The largest absolute Gasteiger partial charge is 0.459 e. The van der Waals surface area contributed by atoms with Crippen LogP contribution in [0, 0.1) is 24.7 Å². The van der Waals surface area contributed by atoms with E-state index in [0.717, 1.165) is 42.4 Å². The summed E-state index contributed by atoms with van der Waals surface area (Å²) in [5.74, 6) is -1.28. The summed E-state index contributed by atoms with van der Waals surface area (Å²) in [4.78, 5) is 81.3. The van der Waals surface area contributed by atoms with E-state index in [-0.39, 0.29) is 74.4 Å². The van der Waals surface area contributed by atoms with Gasteiger partial charge in [-0.3, -0.25) is 34.2 Å². The molecule has 1 saturated carbocycles. The number of likely N-dealkylation sites (tertiary alicyclic amines) is 1. The number of nitrogens with zero attached hydrogens (tertiary/aromatic N) is 2. The molecule has 1 aliphatic carbocycles. The SMILES string of the molecule is CNC(=O)[C@H]1CC[C@H](CN2C(=O)CC(SCCOCCC(=O)O[C@H]3CC(=O)N(C)c4cc(cc(C)c4Cl)C/C(C)=C/C=C/[C@@H](OC)[C@@]4(O)C[C@H](OC(=O)N4)[C@@H](C)[C@@H]4O[C@@]34C)C2=O)CC1. The zero-order valence-corrected chi connectivity index (χ0v) is 39.4. The molecule has 0 spiro atoms. The number of halogens is 1. The fourth-order valence-electron chi connectivity index (χ4n) is 9.41. The number of allylic oxidation sites excluding steroid dienone is 3. The summed E-state index contributed by atoms with van der Waals surface area (Å²) in [6.07, 6.45) is 4.30. The van der Waals surface area contributed by atoms with Crippen molar-refractivity contribution in [1.82, 2.24) is 15.5 Å². The maximum absolute atomic E-state index is 14.1. The number of hydrogen-bond acceptors (Lipinski definition) is 13. The van der Waals surface area contributed by atoms with Crippen LogP contribution in [0.3, 0.4) is 0 Å². The van der Waals surface area contributed by atoms with Gasteiger partial charge in [0.1, 0.15) is 23.9 Å². The van der Waals surface area contributed by atoms with E-state index in [4.69, 9.17) is 35.3 Å². The average molecular weight is 932 g/mol. The van der Waals surface area contributed by atoms with Crippen molar-refractivity contribution in [2.45, 2.75) is 126 Å². The van der Waals surface area contributed by atoms with Gasteiger partial charge in [-0.1, -0.05) is 48.4 Å². The van der Waals surface area contributed by atoms with Gasteiger partial charge in [0.05, 0.1) is 48.1 Å². The Bertz CT molecular complexity index is 2010. The molecule has 8 atom stereocenters. The van der Waals surface area contributed by atoms with E-state index in [1.54, 1.807) is 33.2 Å². The maximum Gasteiger partial charge on any atom is 0.409 e. The van der Waals surface area contributed by atoms with Gasteiger partial charge >= 0.3 is 12.1 Å². The third-order valence-corrected chi connectivity index (χ3v) is 15.0. The highest BCUT2D eigenvalue weighted by atomic mass is 35.5. The summed E-state index contributed by atoms with van der Waals surface area (Å²) in [6, 6.07) is 3.81. The number of alkyl carbamates (subject to hydrolysis) is 1. The number of imide groups is 1. The van der Waals surface area contributed by atoms with E-state index in [0.29, 0.717) is 29.4 Å².